The Morgan fingerprint density at radius 2 is 2.40 bits per heavy atom. The van der Waals surface area contributed by atoms with Gasteiger partial charge < -0.3 is 10.6 Å². The quantitative estimate of drug-likeness (QED) is 0.627. The molecule has 1 aliphatic heterocycles. The average molecular weight is 165 g/mol. The Morgan fingerprint density at radius 1 is 1.80 bits per heavy atom. The molecule has 0 aromatic carbocycles. The molecule has 0 aromatic heterocycles. The van der Waals surface area contributed by atoms with Crippen LogP contribution in [-0.2, 0) is 4.84 Å². The molecule has 0 aromatic rings. The first-order valence-corrected chi connectivity index (χ1v) is 3.08. The lowest BCUT2D eigenvalue weighted by Crippen LogP contribution is -2.34. The fraction of sp³-hybridized carbons (Fsp3) is 0.833. The Hall–Kier alpha value is -0.280. The van der Waals surface area contributed by atoms with Crippen molar-refractivity contribution < 1.29 is 4.84 Å². The van der Waals surface area contributed by atoms with Crippen LogP contribution in [-0.4, -0.2) is 17.9 Å². The molecule has 4 heteroatoms. The summed E-state index contributed by atoms with van der Waals surface area (Å²) in [6.45, 7) is 4.45. The second-order valence-electron chi connectivity index (χ2n) is 2.75. The van der Waals surface area contributed by atoms with E-state index in [4.69, 9.17) is 10.6 Å². The van der Waals surface area contributed by atoms with Gasteiger partial charge in [0.05, 0.1) is 5.71 Å². The molecule has 1 atom stereocenters. The molecule has 10 heavy (non-hydrogen) atoms. The largest absolute Gasteiger partial charge is 0.388 e. The molecule has 0 saturated carbocycles. The molecule has 1 unspecified atom stereocenters. The molecule has 0 radical (unpaired) electrons. The molecular weight excluding hydrogens is 152 g/mol. The highest BCUT2D eigenvalue weighted by molar-refractivity contribution is 5.85. The minimum atomic E-state index is -0.218. The predicted octanol–water partition coefficient (Wildman–Crippen LogP) is 0.922. The number of nitrogens with zero attached hydrogens (tertiary/aromatic N) is 1. The third-order valence-electron chi connectivity index (χ3n) is 1.48. The summed E-state index contributed by atoms with van der Waals surface area (Å²) in [4.78, 5) is 5.06. The van der Waals surface area contributed by atoms with Gasteiger partial charge in [0.15, 0.2) is 5.60 Å². The van der Waals surface area contributed by atoms with Gasteiger partial charge in [-0.2, -0.15) is 0 Å². The molecule has 1 aliphatic rings. The van der Waals surface area contributed by atoms with Crippen LogP contribution in [0.2, 0.25) is 0 Å². The highest BCUT2D eigenvalue weighted by Crippen LogP contribution is 2.21. The van der Waals surface area contributed by atoms with E-state index >= 15 is 0 Å². The maximum atomic E-state index is 5.43. The third kappa shape index (κ3) is 1.85. The third-order valence-corrected chi connectivity index (χ3v) is 1.48. The van der Waals surface area contributed by atoms with Gasteiger partial charge in [-0.1, -0.05) is 5.16 Å². The summed E-state index contributed by atoms with van der Waals surface area (Å²) in [6, 6.07) is 0. The van der Waals surface area contributed by atoms with E-state index in [1.165, 1.54) is 0 Å². The van der Waals surface area contributed by atoms with Gasteiger partial charge in [0, 0.05) is 13.0 Å². The molecule has 0 fully saturated rings. The van der Waals surface area contributed by atoms with E-state index in [1.807, 2.05) is 13.8 Å². The molecule has 0 amide bonds. The van der Waals surface area contributed by atoms with Crippen LogP contribution in [0, 0.1) is 0 Å². The zero-order valence-electron chi connectivity index (χ0n) is 6.26. The fourth-order valence-electron chi connectivity index (χ4n) is 0.903. The molecule has 1 heterocycles. The summed E-state index contributed by atoms with van der Waals surface area (Å²) in [5, 5.41) is 3.80. The minimum absolute atomic E-state index is 0. The second-order valence-corrected chi connectivity index (χ2v) is 2.75. The lowest BCUT2D eigenvalue weighted by molar-refractivity contribution is 0.00422. The first kappa shape index (κ1) is 9.72. The number of oxime groups is 1. The first-order valence-electron chi connectivity index (χ1n) is 3.08. The van der Waals surface area contributed by atoms with Crippen LogP contribution < -0.4 is 5.73 Å². The van der Waals surface area contributed by atoms with Crippen molar-refractivity contribution in [3.8, 4) is 0 Å². The lowest BCUT2D eigenvalue weighted by atomic mass is 10.0. The number of halogens is 1. The number of nitrogens with two attached hydrogens (primary N) is 1. The maximum Gasteiger partial charge on any atom is 0.152 e. The van der Waals surface area contributed by atoms with Crippen molar-refractivity contribution in [3.05, 3.63) is 0 Å². The first-order chi connectivity index (χ1) is 4.16. The van der Waals surface area contributed by atoms with Gasteiger partial charge in [0.2, 0.25) is 0 Å². The average Bonchev–Trinajstić information content (AvgIpc) is 2.13. The monoisotopic (exact) mass is 164 g/mol. The fourth-order valence-corrected chi connectivity index (χ4v) is 0.903. The molecular formula is C6H13ClN2O. The SMILES string of the molecule is CC1=NOC(C)(CN)C1.Cl. The van der Waals surface area contributed by atoms with Crippen molar-refractivity contribution in [2.45, 2.75) is 25.9 Å². The highest BCUT2D eigenvalue weighted by atomic mass is 35.5. The maximum absolute atomic E-state index is 5.43. The van der Waals surface area contributed by atoms with Crippen LogP contribution in [0.3, 0.4) is 0 Å². The number of hydrogen-bond donors (Lipinski definition) is 1. The Bertz CT molecular complexity index is 149. The molecule has 1 rings (SSSR count). The molecule has 3 nitrogen and oxygen atoms in total. The smallest absolute Gasteiger partial charge is 0.152 e. The number of hydrogen-bond acceptors (Lipinski definition) is 3. The molecule has 0 saturated heterocycles. The Labute approximate surface area is 67.0 Å². The van der Waals surface area contributed by atoms with Gasteiger partial charge in [-0.15, -0.1) is 12.4 Å². The normalized spacial score (nSPS) is 30.5. The van der Waals surface area contributed by atoms with Crippen LogP contribution in [0.1, 0.15) is 20.3 Å². The summed E-state index contributed by atoms with van der Waals surface area (Å²) >= 11 is 0. The Balaban J connectivity index is 0.000000810. The van der Waals surface area contributed by atoms with E-state index in [1.54, 1.807) is 0 Å². The van der Waals surface area contributed by atoms with Crippen molar-refractivity contribution in [3.63, 3.8) is 0 Å². The summed E-state index contributed by atoms with van der Waals surface area (Å²) < 4.78 is 0. The van der Waals surface area contributed by atoms with E-state index < -0.39 is 0 Å². The van der Waals surface area contributed by atoms with Gasteiger partial charge in [0.1, 0.15) is 0 Å². The molecule has 2 N–H and O–H groups in total. The van der Waals surface area contributed by atoms with Crippen molar-refractivity contribution in [2.75, 3.05) is 6.54 Å². The van der Waals surface area contributed by atoms with Gasteiger partial charge in [-0.3, -0.25) is 0 Å². The van der Waals surface area contributed by atoms with Crippen LogP contribution in [0.25, 0.3) is 0 Å². The van der Waals surface area contributed by atoms with Crippen molar-refractivity contribution >= 4 is 18.1 Å². The van der Waals surface area contributed by atoms with E-state index in [0.29, 0.717) is 6.54 Å². The summed E-state index contributed by atoms with van der Waals surface area (Å²) in [6.07, 6.45) is 0.865. The van der Waals surface area contributed by atoms with E-state index in [0.717, 1.165) is 12.1 Å². The molecule has 0 bridgehead atoms. The van der Waals surface area contributed by atoms with Gasteiger partial charge >= 0.3 is 0 Å². The van der Waals surface area contributed by atoms with Crippen LogP contribution in [0.4, 0.5) is 0 Å². The van der Waals surface area contributed by atoms with Crippen LogP contribution in [0.15, 0.2) is 5.16 Å². The molecule has 0 aliphatic carbocycles. The number of rotatable bonds is 1. The standard InChI is InChI=1S/C6H12N2O.ClH/c1-5-3-6(2,4-7)9-8-5;/h3-4,7H2,1-2H3;1H. The molecule has 60 valence electrons. The summed E-state index contributed by atoms with van der Waals surface area (Å²) in [7, 11) is 0. The summed E-state index contributed by atoms with van der Waals surface area (Å²) in [5.41, 5.74) is 6.24. The lowest BCUT2D eigenvalue weighted by Gasteiger charge is -2.17. The van der Waals surface area contributed by atoms with E-state index in [9.17, 15) is 0 Å². The second kappa shape index (κ2) is 3.21. The minimum Gasteiger partial charge on any atom is -0.388 e. The topological polar surface area (TPSA) is 47.6 Å². The van der Waals surface area contributed by atoms with Gasteiger partial charge in [0.25, 0.3) is 0 Å². The van der Waals surface area contributed by atoms with Crippen molar-refractivity contribution in [1.29, 1.82) is 0 Å². The zero-order chi connectivity index (χ0) is 6.91. The van der Waals surface area contributed by atoms with Gasteiger partial charge in [-0.05, 0) is 13.8 Å². The van der Waals surface area contributed by atoms with Crippen molar-refractivity contribution in [1.82, 2.24) is 0 Å². The molecule has 0 spiro atoms. The highest BCUT2D eigenvalue weighted by Gasteiger charge is 2.30. The Morgan fingerprint density at radius 3 is 2.60 bits per heavy atom. The van der Waals surface area contributed by atoms with Gasteiger partial charge in [-0.25, -0.2) is 0 Å². The predicted molar refractivity (Wildman–Crippen MR) is 43.5 cm³/mol. The zero-order valence-corrected chi connectivity index (χ0v) is 7.07. The van der Waals surface area contributed by atoms with E-state index in [2.05, 4.69) is 5.16 Å². The van der Waals surface area contributed by atoms with Crippen molar-refractivity contribution in [2.24, 2.45) is 10.9 Å². The summed E-state index contributed by atoms with van der Waals surface area (Å²) in [5.74, 6) is 0. The Kier molecular flexibility index (Phi) is 3.12. The van der Waals surface area contributed by atoms with E-state index in [-0.39, 0.29) is 18.0 Å². The van der Waals surface area contributed by atoms with Crippen LogP contribution >= 0.6 is 12.4 Å². The van der Waals surface area contributed by atoms with Crippen LogP contribution in [0.5, 0.6) is 0 Å².